The molecule has 142 valence electrons. The predicted octanol–water partition coefficient (Wildman–Crippen LogP) is 5.45. The maximum absolute atomic E-state index is 5.89. The lowest BCUT2D eigenvalue weighted by Gasteiger charge is -2.26. The number of benzene rings is 2. The Bertz CT molecular complexity index is 674. The molecular formula is C22H32O3Si. The van der Waals surface area contributed by atoms with Crippen molar-refractivity contribution in [2.24, 2.45) is 0 Å². The van der Waals surface area contributed by atoms with E-state index in [0.717, 1.165) is 18.2 Å². The van der Waals surface area contributed by atoms with E-state index in [4.69, 9.17) is 13.6 Å². The van der Waals surface area contributed by atoms with Crippen molar-refractivity contribution >= 4 is 8.56 Å². The van der Waals surface area contributed by atoms with E-state index in [9.17, 15) is 0 Å². The molecule has 3 nitrogen and oxygen atoms in total. The van der Waals surface area contributed by atoms with Gasteiger partial charge in [0, 0.05) is 19.6 Å². The van der Waals surface area contributed by atoms with Gasteiger partial charge >= 0.3 is 8.56 Å². The zero-order chi connectivity index (χ0) is 19.2. The van der Waals surface area contributed by atoms with Crippen molar-refractivity contribution in [3.05, 3.63) is 65.2 Å². The lowest BCUT2D eigenvalue weighted by Crippen LogP contribution is -2.36. The third kappa shape index (κ3) is 5.19. The van der Waals surface area contributed by atoms with Crippen LogP contribution in [0.1, 0.15) is 37.0 Å². The van der Waals surface area contributed by atoms with Crippen molar-refractivity contribution in [1.82, 2.24) is 0 Å². The number of hydrogen-bond acceptors (Lipinski definition) is 3. The first-order chi connectivity index (χ1) is 12.3. The Kier molecular flexibility index (Phi) is 7.04. The number of aryl methyl sites for hydroxylation is 1. The molecule has 0 fully saturated rings. The molecule has 0 aliphatic carbocycles. The summed E-state index contributed by atoms with van der Waals surface area (Å²) in [7, 11) is 1.46. The van der Waals surface area contributed by atoms with Crippen LogP contribution in [0.4, 0.5) is 0 Å². The molecule has 0 aliphatic rings. The molecule has 2 aromatic rings. The minimum absolute atomic E-state index is 0.0312. The Morgan fingerprint density at radius 2 is 1.35 bits per heavy atom. The molecule has 26 heavy (non-hydrogen) atoms. The first kappa shape index (κ1) is 20.7. The van der Waals surface area contributed by atoms with Gasteiger partial charge in [-0.05, 0) is 49.2 Å². The minimum Gasteiger partial charge on any atom is -0.494 e. The van der Waals surface area contributed by atoms with Crippen LogP contribution in [0.2, 0.25) is 12.6 Å². The maximum Gasteiger partial charge on any atom is 0.334 e. The van der Waals surface area contributed by atoms with E-state index in [2.05, 4.69) is 75.8 Å². The topological polar surface area (TPSA) is 27.7 Å². The van der Waals surface area contributed by atoms with Crippen LogP contribution in [0.3, 0.4) is 0 Å². The lowest BCUT2D eigenvalue weighted by molar-refractivity contribution is 0.241. The molecule has 0 unspecified atom stereocenters. The zero-order valence-corrected chi connectivity index (χ0v) is 18.0. The molecule has 0 atom stereocenters. The summed E-state index contributed by atoms with van der Waals surface area (Å²) in [4.78, 5) is 0. The highest BCUT2D eigenvalue weighted by Crippen LogP contribution is 2.32. The van der Waals surface area contributed by atoms with Gasteiger partial charge in [-0.15, -0.1) is 0 Å². The van der Waals surface area contributed by atoms with Gasteiger partial charge in [0.25, 0.3) is 0 Å². The van der Waals surface area contributed by atoms with Gasteiger partial charge in [0.2, 0.25) is 0 Å². The summed E-state index contributed by atoms with van der Waals surface area (Å²) in [6.45, 7) is 9.39. The van der Waals surface area contributed by atoms with Gasteiger partial charge in [-0.25, -0.2) is 0 Å². The van der Waals surface area contributed by atoms with E-state index < -0.39 is 8.56 Å². The zero-order valence-electron chi connectivity index (χ0n) is 17.0. The van der Waals surface area contributed by atoms with Crippen molar-refractivity contribution in [2.45, 2.75) is 45.2 Å². The molecule has 2 aromatic carbocycles. The van der Waals surface area contributed by atoms with Gasteiger partial charge in [-0.3, -0.25) is 0 Å². The Hall–Kier alpha value is -1.62. The summed E-state index contributed by atoms with van der Waals surface area (Å²) in [6, 6.07) is 18.2. The van der Waals surface area contributed by atoms with Crippen LogP contribution in [-0.4, -0.2) is 29.4 Å². The normalized spacial score (nSPS) is 12.2. The average Bonchev–Trinajstić information content (AvgIpc) is 2.66. The van der Waals surface area contributed by atoms with E-state index in [-0.39, 0.29) is 5.41 Å². The number of rotatable bonds is 9. The lowest BCUT2D eigenvalue weighted by atomic mass is 9.78. The molecule has 0 bridgehead atoms. The Labute approximate surface area is 159 Å². The maximum atomic E-state index is 5.89. The highest BCUT2D eigenvalue weighted by atomic mass is 28.4. The van der Waals surface area contributed by atoms with Crippen molar-refractivity contribution in [3.63, 3.8) is 0 Å². The van der Waals surface area contributed by atoms with Crippen molar-refractivity contribution in [1.29, 1.82) is 0 Å². The number of hydrogen-bond donors (Lipinski definition) is 0. The Balaban J connectivity index is 1.94. The monoisotopic (exact) mass is 372 g/mol. The third-order valence-electron chi connectivity index (χ3n) is 5.26. The first-order valence-electron chi connectivity index (χ1n) is 9.21. The molecule has 0 saturated heterocycles. The van der Waals surface area contributed by atoms with Gasteiger partial charge in [0.05, 0.1) is 6.61 Å². The van der Waals surface area contributed by atoms with Gasteiger partial charge in [0.1, 0.15) is 5.75 Å². The highest BCUT2D eigenvalue weighted by Gasteiger charge is 2.27. The minimum atomic E-state index is -1.99. The second-order valence-electron chi connectivity index (χ2n) is 7.51. The van der Waals surface area contributed by atoms with Crippen LogP contribution in [-0.2, 0) is 14.3 Å². The summed E-state index contributed by atoms with van der Waals surface area (Å²) in [5.74, 6) is 0.909. The standard InChI is InChI=1S/C22H32O3Si/c1-18-8-10-19(11-9-18)22(2,3)20-12-14-21(15-13-20)25-16-7-17-26(6,23-4)24-5/h8-15H,7,16-17H2,1-6H3. The first-order valence-corrected chi connectivity index (χ1v) is 11.7. The van der Waals surface area contributed by atoms with Crippen LogP contribution >= 0.6 is 0 Å². The van der Waals surface area contributed by atoms with Crippen LogP contribution in [0.15, 0.2) is 48.5 Å². The molecule has 0 amide bonds. The van der Waals surface area contributed by atoms with Crippen LogP contribution < -0.4 is 4.74 Å². The molecular weight excluding hydrogens is 340 g/mol. The smallest absolute Gasteiger partial charge is 0.334 e. The van der Waals surface area contributed by atoms with Gasteiger partial charge in [-0.1, -0.05) is 55.8 Å². The molecule has 0 N–H and O–H groups in total. The fourth-order valence-corrected chi connectivity index (χ4v) is 4.34. The predicted molar refractivity (Wildman–Crippen MR) is 110 cm³/mol. The fraction of sp³-hybridized carbons (Fsp3) is 0.455. The molecule has 2 rings (SSSR count). The fourth-order valence-electron chi connectivity index (χ4n) is 2.98. The molecule has 0 aromatic heterocycles. The quantitative estimate of drug-likeness (QED) is 0.432. The van der Waals surface area contributed by atoms with Crippen molar-refractivity contribution < 1.29 is 13.6 Å². The summed E-state index contributed by atoms with van der Waals surface area (Å²) >= 11 is 0. The van der Waals surface area contributed by atoms with Crippen molar-refractivity contribution in [2.75, 3.05) is 20.8 Å². The highest BCUT2D eigenvalue weighted by molar-refractivity contribution is 6.65. The summed E-state index contributed by atoms with van der Waals surface area (Å²) in [5.41, 5.74) is 3.86. The van der Waals surface area contributed by atoms with Crippen LogP contribution in [0.5, 0.6) is 5.75 Å². The molecule has 0 heterocycles. The summed E-state index contributed by atoms with van der Waals surface area (Å²) in [5, 5.41) is 0. The summed E-state index contributed by atoms with van der Waals surface area (Å²) in [6.07, 6.45) is 0.932. The van der Waals surface area contributed by atoms with Gasteiger partial charge in [-0.2, -0.15) is 0 Å². The average molecular weight is 373 g/mol. The number of ether oxygens (including phenoxy) is 1. The van der Waals surface area contributed by atoms with Crippen LogP contribution in [0.25, 0.3) is 0 Å². The molecule has 0 aliphatic heterocycles. The Morgan fingerprint density at radius 3 is 1.85 bits per heavy atom. The summed E-state index contributed by atoms with van der Waals surface area (Å²) < 4.78 is 16.9. The van der Waals surface area contributed by atoms with E-state index >= 15 is 0 Å². The van der Waals surface area contributed by atoms with Crippen molar-refractivity contribution in [3.8, 4) is 5.75 Å². The SMILES string of the molecule is CO[Si](C)(CCCOc1ccc(C(C)(C)c2ccc(C)cc2)cc1)OC. The van der Waals surface area contributed by atoms with E-state index in [1.165, 1.54) is 16.7 Å². The second-order valence-corrected chi connectivity index (χ2v) is 11.1. The Morgan fingerprint density at radius 1 is 0.846 bits per heavy atom. The largest absolute Gasteiger partial charge is 0.494 e. The second kappa shape index (κ2) is 8.85. The van der Waals surface area contributed by atoms with E-state index in [1.54, 1.807) is 14.2 Å². The van der Waals surface area contributed by atoms with Gasteiger partial charge < -0.3 is 13.6 Å². The molecule has 0 spiro atoms. The third-order valence-corrected chi connectivity index (χ3v) is 8.25. The van der Waals surface area contributed by atoms with E-state index in [0.29, 0.717) is 6.61 Å². The molecule has 0 saturated carbocycles. The van der Waals surface area contributed by atoms with E-state index in [1.807, 2.05) is 0 Å². The van der Waals surface area contributed by atoms with Crippen LogP contribution in [0, 0.1) is 6.92 Å². The molecule has 4 heteroatoms. The molecule has 0 radical (unpaired) electrons. The van der Waals surface area contributed by atoms with Gasteiger partial charge in [0.15, 0.2) is 0 Å².